The van der Waals surface area contributed by atoms with Gasteiger partial charge in [0, 0.05) is 12.1 Å². The lowest BCUT2D eigenvalue weighted by atomic mass is 9.85. The van der Waals surface area contributed by atoms with Gasteiger partial charge in [0.15, 0.2) is 0 Å². The number of fused-ring (bicyclic) bond motifs is 5. The Morgan fingerprint density at radius 1 is 0.933 bits per heavy atom. The van der Waals surface area contributed by atoms with Crippen LogP contribution in [0.4, 0.5) is 11.4 Å². The molecule has 2 bridgehead atoms. The van der Waals surface area contributed by atoms with E-state index in [1.807, 2.05) is 12.2 Å². The number of esters is 1. The highest BCUT2D eigenvalue weighted by Gasteiger charge is 2.59. The van der Waals surface area contributed by atoms with Crippen LogP contribution in [-0.4, -0.2) is 22.7 Å². The van der Waals surface area contributed by atoms with Gasteiger partial charge in [0.2, 0.25) is 11.8 Å². The fraction of sp³-hybridized carbons (Fsp3) is 0.227. The predicted molar refractivity (Wildman–Crippen MR) is 105 cm³/mol. The first kappa shape index (κ1) is 18.2. The summed E-state index contributed by atoms with van der Waals surface area (Å²) in [6.45, 7) is 0. The molecular formula is C22H16N2O6. The average Bonchev–Trinajstić information content (AvgIpc) is 3.42. The van der Waals surface area contributed by atoms with Crippen LogP contribution in [0.5, 0.6) is 5.75 Å². The minimum absolute atomic E-state index is 0.104. The number of rotatable bonds is 4. The molecular weight excluding hydrogens is 388 g/mol. The number of amides is 2. The summed E-state index contributed by atoms with van der Waals surface area (Å²) < 4.78 is 5.22. The van der Waals surface area contributed by atoms with E-state index in [9.17, 15) is 24.5 Å². The third-order valence-electron chi connectivity index (χ3n) is 6.09. The zero-order valence-electron chi connectivity index (χ0n) is 15.6. The van der Waals surface area contributed by atoms with E-state index in [1.165, 1.54) is 41.3 Å². The number of non-ortho nitro benzene ring substituents is 1. The minimum Gasteiger partial charge on any atom is -0.423 e. The Balaban J connectivity index is 1.31. The second-order valence-corrected chi connectivity index (χ2v) is 7.70. The number of ether oxygens (including phenoxy) is 1. The SMILES string of the molecule is O=C(Oc1ccc([N+](=O)[O-])cc1)c1ccc(N2C(=O)[C@@H]3[C@H](C2=O)[C@H]2C=C[C@H]3C2)cc1. The summed E-state index contributed by atoms with van der Waals surface area (Å²) in [6.07, 6.45) is 4.95. The molecule has 2 aromatic rings. The number of nitrogens with zero attached hydrogens (tertiary/aromatic N) is 2. The maximum absolute atomic E-state index is 12.9. The summed E-state index contributed by atoms with van der Waals surface area (Å²) >= 11 is 0. The van der Waals surface area contributed by atoms with E-state index in [2.05, 4.69) is 0 Å². The number of hydrogen-bond donors (Lipinski definition) is 0. The van der Waals surface area contributed by atoms with Gasteiger partial charge in [-0.15, -0.1) is 0 Å². The third-order valence-corrected chi connectivity index (χ3v) is 6.09. The molecule has 1 heterocycles. The number of benzene rings is 2. The van der Waals surface area contributed by atoms with Crippen molar-refractivity contribution in [3.8, 4) is 5.75 Å². The molecule has 1 saturated heterocycles. The van der Waals surface area contributed by atoms with Crippen LogP contribution in [0, 0.1) is 33.8 Å². The van der Waals surface area contributed by atoms with Crippen LogP contribution in [0.15, 0.2) is 60.7 Å². The van der Waals surface area contributed by atoms with Crippen molar-refractivity contribution in [2.45, 2.75) is 6.42 Å². The summed E-state index contributed by atoms with van der Waals surface area (Å²) in [5, 5.41) is 10.7. The summed E-state index contributed by atoms with van der Waals surface area (Å²) in [4.78, 5) is 49.4. The number of allylic oxidation sites excluding steroid dienone is 2. The van der Waals surface area contributed by atoms with Crippen molar-refractivity contribution in [2.24, 2.45) is 23.7 Å². The predicted octanol–water partition coefficient (Wildman–Crippen LogP) is 3.13. The monoisotopic (exact) mass is 404 g/mol. The van der Waals surface area contributed by atoms with E-state index in [1.54, 1.807) is 12.1 Å². The number of nitro benzene ring substituents is 1. The van der Waals surface area contributed by atoms with Gasteiger partial charge in [-0.05, 0) is 54.7 Å². The van der Waals surface area contributed by atoms with Crippen molar-refractivity contribution >= 4 is 29.2 Å². The molecule has 5 rings (SSSR count). The normalized spacial score (nSPS) is 26.2. The van der Waals surface area contributed by atoms with Crippen LogP contribution < -0.4 is 9.64 Å². The summed E-state index contributed by atoms with van der Waals surface area (Å²) in [6, 6.07) is 11.3. The van der Waals surface area contributed by atoms with E-state index in [-0.39, 0.29) is 52.5 Å². The quantitative estimate of drug-likeness (QED) is 0.194. The number of nitro groups is 1. The lowest BCUT2D eigenvalue weighted by Gasteiger charge is -2.17. The van der Waals surface area contributed by atoms with Gasteiger partial charge in [0.25, 0.3) is 5.69 Å². The number of carbonyl (C=O) groups excluding carboxylic acids is 3. The molecule has 150 valence electrons. The van der Waals surface area contributed by atoms with Crippen LogP contribution in [0.25, 0.3) is 0 Å². The topological polar surface area (TPSA) is 107 Å². The molecule has 2 aromatic carbocycles. The molecule has 2 amide bonds. The van der Waals surface area contributed by atoms with Gasteiger partial charge in [-0.3, -0.25) is 24.6 Å². The highest BCUT2D eigenvalue weighted by atomic mass is 16.6. The van der Waals surface area contributed by atoms with Crippen LogP contribution >= 0.6 is 0 Å². The second kappa shape index (κ2) is 6.62. The van der Waals surface area contributed by atoms with Crippen LogP contribution in [0.1, 0.15) is 16.8 Å². The number of imide groups is 1. The summed E-state index contributed by atoms with van der Waals surface area (Å²) in [5.74, 6) is -1.11. The number of anilines is 1. The molecule has 1 aliphatic heterocycles. The second-order valence-electron chi connectivity index (χ2n) is 7.70. The standard InChI is InChI=1S/C22H16N2O6/c25-20-18-13-1-2-14(11-13)19(18)21(26)23(20)15-5-3-12(4-6-15)22(27)30-17-9-7-16(8-10-17)24(28)29/h1-10,13-14,18-19H,11H2/t13-,14-,18-,19+/m0/s1. The number of hydrogen-bond acceptors (Lipinski definition) is 6. The fourth-order valence-electron chi connectivity index (χ4n) is 4.71. The van der Waals surface area contributed by atoms with Crippen LogP contribution in [0.3, 0.4) is 0 Å². The van der Waals surface area contributed by atoms with Crippen molar-refractivity contribution < 1.29 is 24.0 Å². The molecule has 1 saturated carbocycles. The first-order valence-corrected chi connectivity index (χ1v) is 9.57. The molecule has 0 N–H and O–H groups in total. The van der Waals surface area contributed by atoms with E-state index in [0.29, 0.717) is 5.69 Å². The zero-order chi connectivity index (χ0) is 21.0. The molecule has 0 radical (unpaired) electrons. The van der Waals surface area contributed by atoms with Gasteiger partial charge >= 0.3 is 5.97 Å². The summed E-state index contributed by atoms with van der Waals surface area (Å²) in [7, 11) is 0. The highest BCUT2D eigenvalue weighted by molar-refractivity contribution is 6.22. The highest BCUT2D eigenvalue weighted by Crippen LogP contribution is 2.53. The van der Waals surface area contributed by atoms with Crippen molar-refractivity contribution in [3.05, 3.63) is 76.4 Å². The van der Waals surface area contributed by atoms with Gasteiger partial charge in [-0.1, -0.05) is 12.2 Å². The third kappa shape index (κ3) is 2.72. The zero-order valence-corrected chi connectivity index (χ0v) is 15.6. The smallest absolute Gasteiger partial charge is 0.343 e. The van der Waals surface area contributed by atoms with Gasteiger partial charge < -0.3 is 4.74 Å². The largest absolute Gasteiger partial charge is 0.423 e. The van der Waals surface area contributed by atoms with Gasteiger partial charge in [-0.2, -0.15) is 0 Å². The van der Waals surface area contributed by atoms with Crippen molar-refractivity contribution in [1.29, 1.82) is 0 Å². The molecule has 0 aromatic heterocycles. The lowest BCUT2D eigenvalue weighted by Crippen LogP contribution is -2.32. The Kier molecular flexibility index (Phi) is 4.02. The molecule has 2 fully saturated rings. The Hall–Kier alpha value is -3.81. The molecule has 4 atom stereocenters. The number of carbonyl (C=O) groups is 3. The average molecular weight is 404 g/mol. The molecule has 2 aliphatic carbocycles. The van der Waals surface area contributed by atoms with E-state index in [4.69, 9.17) is 4.74 Å². The van der Waals surface area contributed by atoms with Crippen LogP contribution in [-0.2, 0) is 9.59 Å². The summed E-state index contributed by atoms with van der Waals surface area (Å²) in [5.41, 5.74) is 0.566. The first-order chi connectivity index (χ1) is 14.4. The van der Waals surface area contributed by atoms with E-state index < -0.39 is 10.9 Å². The molecule has 8 nitrogen and oxygen atoms in total. The molecule has 0 spiro atoms. The molecule has 3 aliphatic rings. The Morgan fingerprint density at radius 2 is 1.50 bits per heavy atom. The van der Waals surface area contributed by atoms with Gasteiger partial charge in [0.1, 0.15) is 5.75 Å². The Morgan fingerprint density at radius 3 is 2.03 bits per heavy atom. The minimum atomic E-state index is -0.645. The van der Waals surface area contributed by atoms with Gasteiger partial charge in [0.05, 0.1) is 28.0 Å². The molecule has 30 heavy (non-hydrogen) atoms. The molecule has 0 unspecified atom stereocenters. The van der Waals surface area contributed by atoms with Crippen molar-refractivity contribution in [2.75, 3.05) is 4.90 Å². The van der Waals surface area contributed by atoms with E-state index >= 15 is 0 Å². The Bertz CT molecular complexity index is 1080. The van der Waals surface area contributed by atoms with Crippen LogP contribution in [0.2, 0.25) is 0 Å². The fourth-order valence-corrected chi connectivity index (χ4v) is 4.71. The maximum atomic E-state index is 12.9. The molecule has 8 heteroatoms. The lowest BCUT2D eigenvalue weighted by molar-refractivity contribution is -0.384. The Labute approximate surface area is 170 Å². The maximum Gasteiger partial charge on any atom is 0.343 e. The van der Waals surface area contributed by atoms with Gasteiger partial charge in [-0.25, -0.2) is 4.79 Å². The first-order valence-electron chi connectivity index (χ1n) is 9.57. The van der Waals surface area contributed by atoms with Crippen molar-refractivity contribution in [1.82, 2.24) is 0 Å². The van der Waals surface area contributed by atoms with Crippen molar-refractivity contribution in [3.63, 3.8) is 0 Å². The van der Waals surface area contributed by atoms with E-state index in [0.717, 1.165) is 6.42 Å².